The lowest BCUT2D eigenvalue weighted by Gasteiger charge is -2.18. The molecule has 3 nitrogen and oxygen atoms in total. The maximum absolute atomic E-state index is 14.0. The molecule has 9 rings (SSSR count). The molecule has 9 aromatic rings. The summed E-state index contributed by atoms with van der Waals surface area (Å²) in [5, 5.41) is 22.6. The molecule has 0 saturated heterocycles. The minimum atomic E-state index is -4.55. The van der Waals surface area contributed by atoms with Gasteiger partial charge in [-0.25, -0.2) is 0 Å². The van der Waals surface area contributed by atoms with Crippen LogP contribution in [0.4, 0.5) is 26.3 Å². The lowest BCUT2D eigenvalue weighted by Crippen LogP contribution is -2.05. The number of para-hydroxylation sites is 1. The molecule has 0 unspecified atom stereocenters. The SMILES string of the molecule is Cc1cc(-c2ccc3c(c2)c2cc(-c4cc(C)cc(C(F)(F)F)c4)ccc2n3-c2ccccc2-c2ccccc2-c2cccc3cc(C#N)c(C#N)cc23)cc(C(F)(F)F)c1. The first kappa shape index (κ1) is 38.9. The molecule has 296 valence electrons. The Morgan fingerprint density at radius 2 is 0.902 bits per heavy atom. The second kappa shape index (κ2) is 14.6. The van der Waals surface area contributed by atoms with E-state index < -0.39 is 23.5 Å². The van der Waals surface area contributed by atoms with Crippen molar-refractivity contribution in [3.05, 3.63) is 185 Å². The van der Waals surface area contributed by atoms with Gasteiger partial charge in [-0.2, -0.15) is 36.9 Å². The Morgan fingerprint density at radius 3 is 1.43 bits per heavy atom. The molecule has 0 saturated carbocycles. The van der Waals surface area contributed by atoms with Gasteiger partial charge in [0.25, 0.3) is 0 Å². The second-order valence-corrected chi connectivity index (χ2v) is 15.2. The first-order chi connectivity index (χ1) is 29.2. The fourth-order valence-electron chi connectivity index (χ4n) is 8.46. The highest BCUT2D eigenvalue weighted by Crippen LogP contribution is 2.44. The zero-order valence-electron chi connectivity index (χ0n) is 32.5. The largest absolute Gasteiger partial charge is 0.416 e. The standard InChI is InChI=1S/C52H31F6N3/c1-30-18-35(23-39(20-30)51(53,54)55)32-14-16-49-46(25-32)47-26-33(36-19-31(2)21-40(24-36)52(56,57)58)15-17-50(47)61(49)48-13-6-5-11-44(48)42-10-4-3-9-41(42)43-12-7-8-34-22-37(28-59)38(29-60)27-45(34)43/h3-27H,1-2H3. The third kappa shape index (κ3) is 6.94. The molecule has 1 aromatic heterocycles. The third-order valence-electron chi connectivity index (χ3n) is 11.2. The predicted molar refractivity (Wildman–Crippen MR) is 229 cm³/mol. The Bertz CT molecular complexity index is 3220. The lowest BCUT2D eigenvalue weighted by molar-refractivity contribution is -0.138. The van der Waals surface area contributed by atoms with Gasteiger partial charge in [-0.1, -0.05) is 84.9 Å². The van der Waals surface area contributed by atoms with Gasteiger partial charge in [-0.05, 0) is 141 Å². The fraction of sp³-hybridized carbons (Fsp3) is 0.0769. The van der Waals surface area contributed by atoms with Crippen molar-refractivity contribution in [3.8, 4) is 62.3 Å². The van der Waals surface area contributed by atoms with Gasteiger partial charge in [-0.15, -0.1) is 0 Å². The van der Waals surface area contributed by atoms with E-state index in [4.69, 9.17) is 0 Å². The number of nitriles is 2. The first-order valence-corrected chi connectivity index (χ1v) is 19.2. The molecule has 0 spiro atoms. The summed E-state index contributed by atoms with van der Waals surface area (Å²) in [6.45, 7) is 3.23. The molecule has 8 aromatic carbocycles. The van der Waals surface area contributed by atoms with Crippen molar-refractivity contribution < 1.29 is 26.3 Å². The summed E-state index contributed by atoms with van der Waals surface area (Å²) in [6, 6.07) is 48.1. The molecular formula is C52H31F6N3. The Balaban J connectivity index is 1.31. The van der Waals surface area contributed by atoms with Gasteiger partial charge in [0, 0.05) is 16.3 Å². The van der Waals surface area contributed by atoms with Crippen LogP contribution in [-0.2, 0) is 12.4 Å². The predicted octanol–water partition coefficient (Wildman–Crippen LogP) is 15.0. The highest BCUT2D eigenvalue weighted by Gasteiger charge is 2.32. The minimum Gasteiger partial charge on any atom is -0.309 e. The van der Waals surface area contributed by atoms with E-state index >= 15 is 0 Å². The number of hydrogen-bond acceptors (Lipinski definition) is 2. The van der Waals surface area contributed by atoms with Gasteiger partial charge in [0.1, 0.15) is 12.1 Å². The molecule has 0 aliphatic carbocycles. The first-order valence-electron chi connectivity index (χ1n) is 19.2. The van der Waals surface area contributed by atoms with E-state index in [2.05, 4.69) is 16.7 Å². The summed E-state index contributed by atoms with van der Waals surface area (Å²) in [7, 11) is 0. The number of alkyl halides is 6. The molecule has 0 bridgehead atoms. The summed E-state index contributed by atoms with van der Waals surface area (Å²) in [6.07, 6.45) is -9.11. The van der Waals surface area contributed by atoms with Crippen molar-refractivity contribution in [2.45, 2.75) is 26.2 Å². The summed E-state index contributed by atoms with van der Waals surface area (Å²) < 4.78 is 86.1. The summed E-state index contributed by atoms with van der Waals surface area (Å²) in [5.41, 5.74) is 7.47. The summed E-state index contributed by atoms with van der Waals surface area (Å²) in [4.78, 5) is 0. The van der Waals surface area contributed by atoms with Crippen LogP contribution in [0.3, 0.4) is 0 Å². The maximum atomic E-state index is 14.0. The molecule has 61 heavy (non-hydrogen) atoms. The molecular weight excluding hydrogens is 781 g/mol. The van der Waals surface area contributed by atoms with E-state index in [9.17, 15) is 36.9 Å². The Labute approximate surface area is 346 Å². The molecule has 0 fully saturated rings. The molecule has 0 radical (unpaired) electrons. The Kier molecular flexibility index (Phi) is 9.29. The van der Waals surface area contributed by atoms with Crippen molar-refractivity contribution >= 4 is 32.6 Å². The van der Waals surface area contributed by atoms with Crippen molar-refractivity contribution in [2.24, 2.45) is 0 Å². The van der Waals surface area contributed by atoms with Crippen molar-refractivity contribution in [1.82, 2.24) is 4.57 Å². The van der Waals surface area contributed by atoms with E-state index in [1.165, 1.54) is 0 Å². The summed E-state index contributed by atoms with van der Waals surface area (Å²) >= 11 is 0. The van der Waals surface area contributed by atoms with E-state index in [-0.39, 0.29) is 11.1 Å². The van der Waals surface area contributed by atoms with Crippen LogP contribution in [0.25, 0.3) is 82.8 Å². The van der Waals surface area contributed by atoms with Crippen LogP contribution >= 0.6 is 0 Å². The van der Waals surface area contributed by atoms with Crippen molar-refractivity contribution in [2.75, 3.05) is 0 Å². The molecule has 0 amide bonds. The maximum Gasteiger partial charge on any atom is 0.416 e. The Hall–Kier alpha value is -7.62. The van der Waals surface area contributed by atoms with Gasteiger partial charge in [0.2, 0.25) is 0 Å². The van der Waals surface area contributed by atoms with Crippen LogP contribution in [0.2, 0.25) is 0 Å². The quantitative estimate of drug-likeness (QED) is 0.163. The molecule has 0 N–H and O–H groups in total. The van der Waals surface area contributed by atoms with Crippen LogP contribution in [-0.4, -0.2) is 4.57 Å². The van der Waals surface area contributed by atoms with Crippen LogP contribution < -0.4 is 0 Å². The molecule has 0 aliphatic rings. The van der Waals surface area contributed by atoms with Crippen LogP contribution in [0.15, 0.2) is 152 Å². The summed E-state index contributed by atoms with van der Waals surface area (Å²) in [5.74, 6) is 0. The average Bonchev–Trinajstić information content (AvgIpc) is 3.57. The normalized spacial score (nSPS) is 11.9. The van der Waals surface area contributed by atoms with E-state index in [0.29, 0.717) is 44.2 Å². The zero-order valence-corrected chi connectivity index (χ0v) is 32.5. The number of halogens is 6. The van der Waals surface area contributed by atoms with Crippen LogP contribution in [0, 0.1) is 36.5 Å². The third-order valence-corrected chi connectivity index (χ3v) is 11.2. The van der Waals surface area contributed by atoms with Gasteiger partial charge >= 0.3 is 12.4 Å². The molecule has 1 heterocycles. The topological polar surface area (TPSA) is 52.5 Å². The number of aryl methyl sites for hydroxylation is 2. The van der Waals surface area contributed by atoms with Gasteiger partial charge in [0.15, 0.2) is 0 Å². The van der Waals surface area contributed by atoms with Gasteiger partial charge in [-0.3, -0.25) is 0 Å². The minimum absolute atomic E-state index is 0.268. The number of benzene rings is 8. The number of hydrogen-bond donors (Lipinski definition) is 0. The fourth-order valence-corrected chi connectivity index (χ4v) is 8.46. The van der Waals surface area contributed by atoms with E-state index in [1.54, 1.807) is 50.2 Å². The monoisotopic (exact) mass is 811 g/mol. The number of aromatic nitrogens is 1. The number of rotatable bonds is 5. The molecule has 0 atom stereocenters. The Morgan fingerprint density at radius 1 is 0.426 bits per heavy atom. The van der Waals surface area contributed by atoms with Crippen LogP contribution in [0.1, 0.15) is 33.4 Å². The smallest absolute Gasteiger partial charge is 0.309 e. The van der Waals surface area contributed by atoms with Crippen molar-refractivity contribution in [1.29, 1.82) is 10.5 Å². The zero-order chi connectivity index (χ0) is 42.8. The molecule has 9 heteroatoms. The lowest BCUT2D eigenvalue weighted by atomic mass is 9.89. The van der Waals surface area contributed by atoms with Gasteiger partial charge < -0.3 is 4.57 Å². The second-order valence-electron chi connectivity index (χ2n) is 15.2. The van der Waals surface area contributed by atoms with Crippen molar-refractivity contribution in [3.63, 3.8) is 0 Å². The van der Waals surface area contributed by atoms with Gasteiger partial charge in [0.05, 0.1) is 39.0 Å². The van der Waals surface area contributed by atoms with Crippen LogP contribution in [0.5, 0.6) is 0 Å². The number of nitrogens with zero attached hydrogens (tertiary/aromatic N) is 3. The van der Waals surface area contributed by atoms with E-state index in [0.717, 1.165) is 74.0 Å². The highest BCUT2D eigenvalue weighted by atomic mass is 19.4. The molecule has 0 aliphatic heterocycles. The van der Waals surface area contributed by atoms with E-state index in [1.807, 2.05) is 91.0 Å². The average molecular weight is 812 g/mol. The highest BCUT2D eigenvalue weighted by molar-refractivity contribution is 6.12. The number of fused-ring (bicyclic) bond motifs is 4.